The summed E-state index contributed by atoms with van der Waals surface area (Å²) in [6.07, 6.45) is 3.34. The first-order valence-corrected chi connectivity index (χ1v) is 8.88. The summed E-state index contributed by atoms with van der Waals surface area (Å²) in [6, 6.07) is 17.3. The van der Waals surface area contributed by atoms with E-state index in [1.807, 2.05) is 42.5 Å². The van der Waals surface area contributed by atoms with Crippen LogP contribution in [0.15, 0.2) is 60.9 Å². The highest BCUT2D eigenvalue weighted by atomic mass is 16.5. The molecule has 2 aromatic carbocycles. The van der Waals surface area contributed by atoms with Crippen molar-refractivity contribution in [2.45, 2.75) is 12.8 Å². The Morgan fingerprint density at radius 2 is 1.93 bits per heavy atom. The largest absolute Gasteiger partial charge is 0.495 e. The van der Waals surface area contributed by atoms with Crippen molar-refractivity contribution in [2.75, 3.05) is 23.9 Å². The second-order valence-electron chi connectivity index (χ2n) is 6.30. The molecule has 0 aliphatic carbocycles. The van der Waals surface area contributed by atoms with Gasteiger partial charge in [-0.2, -0.15) is 0 Å². The molecule has 3 aromatic rings. The third-order valence-electron chi connectivity index (χ3n) is 4.61. The highest BCUT2D eigenvalue weighted by molar-refractivity contribution is 6.05. The Morgan fingerprint density at radius 3 is 2.81 bits per heavy atom. The number of aryl methyl sites for hydroxylation is 1. The third kappa shape index (κ3) is 3.46. The normalized spacial score (nSPS) is 13.0. The van der Waals surface area contributed by atoms with Crippen LogP contribution in [0.25, 0.3) is 0 Å². The summed E-state index contributed by atoms with van der Waals surface area (Å²) < 4.78 is 5.35. The number of hydrogen-bond acceptors (Lipinski definition) is 5. The highest BCUT2D eigenvalue weighted by Crippen LogP contribution is 2.29. The molecule has 27 heavy (non-hydrogen) atoms. The number of fused-ring (bicyclic) bond motifs is 1. The maximum Gasteiger partial charge on any atom is 0.277 e. The van der Waals surface area contributed by atoms with Gasteiger partial charge in [-0.3, -0.25) is 4.79 Å². The van der Waals surface area contributed by atoms with Crippen molar-refractivity contribution in [3.05, 3.63) is 72.2 Å². The average molecular weight is 360 g/mol. The van der Waals surface area contributed by atoms with Gasteiger partial charge in [0.05, 0.1) is 12.8 Å². The van der Waals surface area contributed by atoms with E-state index < -0.39 is 0 Å². The summed E-state index contributed by atoms with van der Waals surface area (Å²) in [7, 11) is 1.61. The number of rotatable bonds is 4. The lowest BCUT2D eigenvalue weighted by Gasteiger charge is -2.29. The molecule has 0 radical (unpaired) electrons. The molecule has 0 atom stereocenters. The average Bonchev–Trinajstić information content (AvgIpc) is 2.73. The molecule has 0 spiro atoms. The molecule has 1 aliphatic heterocycles. The fourth-order valence-corrected chi connectivity index (χ4v) is 3.31. The van der Waals surface area contributed by atoms with E-state index in [4.69, 9.17) is 4.74 Å². The fourth-order valence-electron chi connectivity index (χ4n) is 3.31. The minimum absolute atomic E-state index is 0.118. The number of amides is 1. The van der Waals surface area contributed by atoms with Gasteiger partial charge >= 0.3 is 0 Å². The lowest BCUT2D eigenvalue weighted by atomic mass is 10.0. The minimum Gasteiger partial charge on any atom is -0.495 e. The van der Waals surface area contributed by atoms with Crippen LogP contribution in [0.4, 0.5) is 17.2 Å². The van der Waals surface area contributed by atoms with Crippen molar-refractivity contribution in [1.82, 2.24) is 9.97 Å². The van der Waals surface area contributed by atoms with Gasteiger partial charge in [-0.15, -0.1) is 0 Å². The molecule has 6 nitrogen and oxygen atoms in total. The van der Waals surface area contributed by atoms with Gasteiger partial charge in [0.1, 0.15) is 23.6 Å². The topological polar surface area (TPSA) is 67.3 Å². The van der Waals surface area contributed by atoms with Crippen LogP contribution in [0.2, 0.25) is 0 Å². The van der Waals surface area contributed by atoms with Crippen molar-refractivity contribution in [3.63, 3.8) is 0 Å². The Hall–Kier alpha value is -3.41. The molecule has 0 saturated carbocycles. The fraction of sp³-hybridized carbons (Fsp3) is 0.190. The standard InChI is InChI=1S/C21H20N4O2/c1-27-19-11-5-3-9-16(19)24-20-13-17(22-14-23-20)21(26)25-12-6-8-15-7-2-4-10-18(15)25/h2-5,7,9-11,13-14H,6,8,12H2,1H3,(H,22,23,24). The van der Waals surface area contributed by atoms with Crippen LogP contribution in [-0.2, 0) is 6.42 Å². The number of aromatic nitrogens is 2. The third-order valence-corrected chi connectivity index (χ3v) is 4.61. The smallest absolute Gasteiger partial charge is 0.277 e. The minimum atomic E-state index is -0.118. The van der Waals surface area contributed by atoms with E-state index in [2.05, 4.69) is 21.4 Å². The molecule has 6 heteroatoms. The van der Waals surface area contributed by atoms with Gasteiger partial charge < -0.3 is 15.0 Å². The monoisotopic (exact) mass is 360 g/mol. The number of benzene rings is 2. The summed E-state index contributed by atoms with van der Waals surface area (Å²) in [4.78, 5) is 23.3. The lowest BCUT2D eigenvalue weighted by Crippen LogP contribution is -2.36. The van der Waals surface area contributed by atoms with Crippen LogP contribution in [0.5, 0.6) is 5.75 Å². The van der Waals surface area contributed by atoms with Crippen molar-refractivity contribution >= 4 is 23.1 Å². The summed E-state index contributed by atoms with van der Waals surface area (Å²) in [5.74, 6) is 1.13. The van der Waals surface area contributed by atoms with Crippen molar-refractivity contribution < 1.29 is 9.53 Å². The van der Waals surface area contributed by atoms with E-state index in [0.717, 1.165) is 24.2 Å². The number of anilines is 3. The first-order chi connectivity index (χ1) is 13.3. The molecule has 2 heterocycles. The number of hydrogen-bond donors (Lipinski definition) is 1. The van der Waals surface area contributed by atoms with Gasteiger partial charge in [0.25, 0.3) is 5.91 Å². The van der Waals surface area contributed by atoms with E-state index in [1.54, 1.807) is 18.1 Å². The molecular weight excluding hydrogens is 340 g/mol. The highest BCUT2D eigenvalue weighted by Gasteiger charge is 2.24. The van der Waals surface area contributed by atoms with Gasteiger partial charge in [0.15, 0.2) is 0 Å². The molecule has 1 amide bonds. The molecule has 1 aromatic heterocycles. The number of nitrogens with one attached hydrogen (secondary N) is 1. The molecule has 0 saturated heterocycles. The predicted molar refractivity (Wildman–Crippen MR) is 105 cm³/mol. The molecule has 1 N–H and O–H groups in total. The second-order valence-corrected chi connectivity index (χ2v) is 6.30. The molecule has 0 bridgehead atoms. The molecule has 1 aliphatic rings. The van der Waals surface area contributed by atoms with Gasteiger partial charge in [-0.05, 0) is 36.6 Å². The zero-order valence-corrected chi connectivity index (χ0v) is 15.1. The number of ether oxygens (including phenoxy) is 1. The summed E-state index contributed by atoms with van der Waals surface area (Å²) in [5, 5.41) is 3.19. The summed E-state index contributed by atoms with van der Waals surface area (Å²) in [5.41, 5.74) is 3.30. The second kappa shape index (κ2) is 7.45. The van der Waals surface area contributed by atoms with Crippen molar-refractivity contribution in [1.29, 1.82) is 0 Å². The van der Waals surface area contributed by atoms with Crippen LogP contribution in [0.3, 0.4) is 0 Å². The zero-order chi connectivity index (χ0) is 18.6. The van der Waals surface area contributed by atoms with Crippen molar-refractivity contribution in [3.8, 4) is 5.75 Å². The lowest BCUT2D eigenvalue weighted by molar-refractivity contribution is 0.0980. The Bertz CT molecular complexity index is 974. The summed E-state index contributed by atoms with van der Waals surface area (Å²) in [6.45, 7) is 0.690. The number of carbonyl (C=O) groups is 1. The Balaban J connectivity index is 1.61. The first kappa shape index (κ1) is 17.0. The van der Waals surface area contributed by atoms with Crippen LogP contribution >= 0.6 is 0 Å². The summed E-state index contributed by atoms with van der Waals surface area (Å²) >= 11 is 0. The Labute approximate surface area is 157 Å². The molecule has 0 fully saturated rings. The molecular formula is C21H20N4O2. The number of carbonyl (C=O) groups excluding carboxylic acids is 1. The quantitative estimate of drug-likeness (QED) is 0.766. The predicted octanol–water partition coefficient (Wildman–Crippen LogP) is 3.82. The number of methoxy groups -OCH3 is 1. The number of para-hydroxylation sites is 3. The van der Waals surface area contributed by atoms with E-state index in [-0.39, 0.29) is 5.91 Å². The first-order valence-electron chi connectivity index (χ1n) is 8.88. The van der Waals surface area contributed by atoms with Gasteiger partial charge in [0, 0.05) is 18.3 Å². The molecule has 136 valence electrons. The van der Waals surface area contributed by atoms with Gasteiger partial charge in [-0.25, -0.2) is 9.97 Å². The van der Waals surface area contributed by atoms with Gasteiger partial charge in [0.2, 0.25) is 0 Å². The van der Waals surface area contributed by atoms with Crippen LogP contribution in [0.1, 0.15) is 22.5 Å². The SMILES string of the molecule is COc1ccccc1Nc1cc(C(=O)N2CCCc3ccccc32)ncn1. The Morgan fingerprint density at radius 1 is 1.11 bits per heavy atom. The van der Waals surface area contributed by atoms with E-state index >= 15 is 0 Å². The van der Waals surface area contributed by atoms with Crippen LogP contribution < -0.4 is 15.0 Å². The van der Waals surface area contributed by atoms with Crippen LogP contribution in [0, 0.1) is 0 Å². The maximum absolute atomic E-state index is 13.1. The molecule has 0 unspecified atom stereocenters. The van der Waals surface area contributed by atoms with E-state index in [9.17, 15) is 4.79 Å². The van der Waals surface area contributed by atoms with E-state index in [1.165, 1.54) is 11.9 Å². The molecule has 4 rings (SSSR count). The van der Waals surface area contributed by atoms with Crippen molar-refractivity contribution in [2.24, 2.45) is 0 Å². The van der Waals surface area contributed by atoms with Crippen LogP contribution in [-0.4, -0.2) is 29.5 Å². The Kier molecular flexibility index (Phi) is 4.70. The number of nitrogens with zero attached hydrogens (tertiary/aromatic N) is 3. The maximum atomic E-state index is 13.1. The zero-order valence-electron chi connectivity index (χ0n) is 15.1. The van der Waals surface area contributed by atoms with E-state index in [0.29, 0.717) is 23.8 Å². The van der Waals surface area contributed by atoms with Gasteiger partial charge in [-0.1, -0.05) is 30.3 Å².